The fourth-order valence-electron chi connectivity index (χ4n) is 2.32. The molecule has 0 atom stereocenters. The first-order valence-electron chi connectivity index (χ1n) is 8.75. The number of hydrogen-bond donors (Lipinski definition) is 2. The van der Waals surface area contributed by atoms with Crippen LogP contribution in [0.25, 0.3) is 0 Å². The van der Waals surface area contributed by atoms with E-state index in [9.17, 15) is 10.1 Å². The van der Waals surface area contributed by atoms with E-state index >= 15 is 0 Å². The molecule has 0 aliphatic rings. The second-order valence-electron chi connectivity index (χ2n) is 5.67. The Kier molecular flexibility index (Phi) is 8.20. The van der Waals surface area contributed by atoms with Crippen LogP contribution in [0.15, 0.2) is 54.2 Å². The summed E-state index contributed by atoms with van der Waals surface area (Å²) in [4.78, 5) is 12.4. The quantitative estimate of drug-likeness (QED) is 0.361. The van der Waals surface area contributed by atoms with Gasteiger partial charge in [-0.1, -0.05) is 0 Å². The number of carbonyl (C=O) groups excluding carboxylic acids is 1. The Morgan fingerprint density at radius 1 is 1.00 bits per heavy atom. The maximum Gasteiger partial charge on any atom is 0.267 e. The number of ether oxygens (including phenoxy) is 4. The van der Waals surface area contributed by atoms with E-state index in [1.807, 2.05) is 6.07 Å². The zero-order valence-corrected chi connectivity index (χ0v) is 16.5. The molecule has 0 saturated heterocycles. The molecular weight excluding hydrogens is 374 g/mol. The molecule has 0 radical (unpaired) electrons. The maximum absolute atomic E-state index is 12.4. The lowest BCUT2D eigenvalue weighted by Gasteiger charge is -2.11. The van der Waals surface area contributed by atoms with Crippen LogP contribution in [0.2, 0.25) is 0 Å². The summed E-state index contributed by atoms with van der Waals surface area (Å²) in [6.45, 7) is 0.764. The molecule has 152 valence electrons. The maximum atomic E-state index is 12.4. The van der Waals surface area contributed by atoms with Crippen molar-refractivity contribution in [2.45, 2.75) is 0 Å². The van der Waals surface area contributed by atoms with Gasteiger partial charge in [0, 0.05) is 18.8 Å². The Bertz CT molecular complexity index is 888. The minimum Gasteiger partial charge on any atom is -0.497 e. The molecule has 0 bridgehead atoms. The van der Waals surface area contributed by atoms with Crippen LogP contribution in [-0.4, -0.2) is 40.4 Å². The highest BCUT2D eigenvalue weighted by Gasteiger charge is 2.13. The van der Waals surface area contributed by atoms with Gasteiger partial charge in [0.05, 0.1) is 27.0 Å². The van der Waals surface area contributed by atoms with Gasteiger partial charge in [-0.3, -0.25) is 4.79 Å². The number of benzene rings is 2. The first-order chi connectivity index (χ1) is 14.1. The molecular formula is C21H23N3O5. The first-order valence-corrected chi connectivity index (χ1v) is 8.75. The van der Waals surface area contributed by atoms with Crippen molar-refractivity contribution in [3.05, 3.63) is 54.2 Å². The fourth-order valence-corrected chi connectivity index (χ4v) is 2.32. The van der Waals surface area contributed by atoms with Crippen molar-refractivity contribution in [3.8, 4) is 29.1 Å². The van der Waals surface area contributed by atoms with E-state index in [-0.39, 0.29) is 5.57 Å². The molecule has 0 aromatic heterocycles. The topological polar surface area (TPSA) is 102 Å². The lowest BCUT2D eigenvalue weighted by Crippen LogP contribution is -2.20. The van der Waals surface area contributed by atoms with Gasteiger partial charge in [0.25, 0.3) is 5.91 Å². The van der Waals surface area contributed by atoms with Crippen molar-refractivity contribution < 1.29 is 23.7 Å². The Morgan fingerprint density at radius 2 is 1.66 bits per heavy atom. The van der Waals surface area contributed by atoms with Crippen molar-refractivity contribution in [1.82, 2.24) is 5.32 Å². The van der Waals surface area contributed by atoms with Gasteiger partial charge in [-0.2, -0.15) is 5.26 Å². The first kappa shape index (κ1) is 21.4. The largest absolute Gasteiger partial charge is 0.497 e. The van der Waals surface area contributed by atoms with E-state index < -0.39 is 5.91 Å². The molecule has 0 spiro atoms. The average molecular weight is 397 g/mol. The Hall–Kier alpha value is -3.86. The van der Waals surface area contributed by atoms with Crippen LogP contribution in [0.5, 0.6) is 23.0 Å². The molecule has 0 aliphatic carbocycles. The van der Waals surface area contributed by atoms with E-state index in [1.54, 1.807) is 49.6 Å². The number of amides is 1. The molecule has 8 nitrogen and oxygen atoms in total. The van der Waals surface area contributed by atoms with E-state index in [4.69, 9.17) is 18.9 Å². The molecule has 8 heteroatoms. The molecule has 2 N–H and O–H groups in total. The third-order valence-corrected chi connectivity index (χ3v) is 3.84. The molecule has 0 aliphatic heterocycles. The second-order valence-corrected chi connectivity index (χ2v) is 5.67. The van der Waals surface area contributed by atoms with Gasteiger partial charge in [-0.05, 0) is 36.4 Å². The van der Waals surface area contributed by atoms with Gasteiger partial charge in [0.1, 0.15) is 41.2 Å². The number of methoxy groups -OCH3 is 3. The molecule has 0 fully saturated rings. The second kappa shape index (κ2) is 11.1. The Balaban J connectivity index is 1.88. The predicted molar refractivity (Wildman–Crippen MR) is 108 cm³/mol. The van der Waals surface area contributed by atoms with Crippen LogP contribution in [0.1, 0.15) is 0 Å². The molecule has 0 unspecified atom stereocenters. The van der Waals surface area contributed by atoms with Gasteiger partial charge >= 0.3 is 0 Å². The van der Waals surface area contributed by atoms with E-state index in [0.717, 1.165) is 5.75 Å². The minimum atomic E-state index is -0.567. The van der Waals surface area contributed by atoms with Gasteiger partial charge in [-0.15, -0.1) is 0 Å². The highest BCUT2D eigenvalue weighted by molar-refractivity contribution is 6.07. The minimum absolute atomic E-state index is 0.0840. The zero-order chi connectivity index (χ0) is 21.1. The van der Waals surface area contributed by atoms with Crippen molar-refractivity contribution in [3.63, 3.8) is 0 Å². The predicted octanol–water partition coefficient (Wildman–Crippen LogP) is 2.73. The number of hydrogen-bond acceptors (Lipinski definition) is 7. The van der Waals surface area contributed by atoms with Crippen LogP contribution < -0.4 is 29.6 Å². The molecule has 2 aromatic rings. The number of nitriles is 1. The number of rotatable bonds is 10. The number of nitrogens with zero attached hydrogens (tertiary/aromatic N) is 1. The number of carbonyl (C=O) groups is 1. The van der Waals surface area contributed by atoms with Crippen molar-refractivity contribution in [2.75, 3.05) is 39.8 Å². The fraction of sp³-hybridized carbons (Fsp3) is 0.238. The van der Waals surface area contributed by atoms with Crippen molar-refractivity contribution >= 4 is 11.6 Å². The monoisotopic (exact) mass is 397 g/mol. The third-order valence-electron chi connectivity index (χ3n) is 3.84. The summed E-state index contributed by atoms with van der Waals surface area (Å²) < 4.78 is 21.0. The molecule has 0 saturated carbocycles. The van der Waals surface area contributed by atoms with Gasteiger partial charge in [-0.25, -0.2) is 0 Å². The van der Waals surface area contributed by atoms with Crippen molar-refractivity contribution in [2.24, 2.45) is 0 Å². The smallest absolute Gasteiger partial charge is 0.267 e. The summed E-state index contributed by atoms with van der Waals surface area (Å²) in [7, 11) is 4.61. The normalized spacial score (nSPS) is 10.5. The van der Waals surface area contributed by atoms with Crippen LogP contribution >= 0.6 is 0 Å². The highest BCUT2D eigenvalue weighted by Crippen LogP contribution is 2.29. The summed E-state index contributed by atoms with van der Waals surface area (Å²) in [5, 5.41) is 14.8. The third kappa shape index (κ3) is 6.36. The zero-order valence-electron chi connectivity index (χ0n) is 16.5. The summed E-state index contributed by atoms with van der Waals surface area (Å²) in [5.41, 5.74) is 0.320. The van der Waals surface area contributed by atoms with Crippen LogP contribution in [0.4, 0.5) is 5.69 Å². The highest BCUT2D eigenvalue weighted by atomic mass is 16.5. The number of nitrogens with one attached hydrogen (secondary N) is 2. The van der Waals surface area contributed by atoms with Gasteiger partial charge < -0.3 is 29.6 Å². The summed E-state index contributed by atoms with van der Waals surface area (Å²) in [5.74, 6) is 1.88. The Morgan fingerprint density at radius 3 is 2.28 bits per heavy atom. The summed E-state index contributed by atoms with van der Waals surface area (Å²) in [6, 6.07) is 14.0. The lowest BCUT2D eigenvalue weighted by atomic mass is 10.2. The molecule has 2 aromatic carbocycles. The van der Waals surface area contributed by atoms with Crippen LogP contribution in [0.3, 0.4) is 0 Å². The van der Waals surface area contributed by atoms with E-state index in [1.165, 1.54) is 20.4 Å². The Labute approximate surface area is 169 Å². The van der Waals surface area contributed by atoms with Gasteiger partial charge in [0.2, 0.25) is 0 Å². The summed E-state index contributed by atoms with van der Waals surface area (Å²) >= 11 is 0. The van der Waals surface area contributed by atoms with Crippen LogP contribution in [0, 0.1) is 11.3 Å². The SMILES string of the molecule is COc1ccc(OCCN/C=C(/C#N)C(=O)Nc2cc(OC)ccc2OC)cc1. The van der Waals surface area contributed by atoms with Crippen molar-refractivity contribution in [1.29, 1.82) is 5.26 Å². The van der Waals surface area contributed by atoms with E-state index in [2.05, 4.69) is 10.6 Å². The van der Waals surface area contributed by atoms with Gasteiger partial charge in [0.15, 0.2) is 0 Å². The van der Waals surface area contributed by atoms with Crippen LogP contribution in [-0.2, 0) is 4.79 Å². The molecule has 1 amide bonds. The number of anilines is 1. The van der Waals surface area contributed by atoms with E-state index in [0.29, 0.717) is 36.1 Å². The molecule has 29 heavy (non-hydrogen) atoms. The summed E-state index contributed by atoms with van der Waals surface area (Å²) in [6.07, 6.45) is 1.35. The standard InChI is InChI=1S/C21H23N3O5/c1-26-16-4-6-17(7-5-16)29-11-10-23-14-15(13-22)21(25)24-19-12-18(27-2)8-9-20(19)28-3/h4-9,12,14,23H,10-11H2,1-3H3,(H,24,25)/b15-14-. The lowest BCUT2D eigenvalue weighted by molar-refractivity contribution is -0.112. The average Bonchev–Trinajstić information content (AvgIpc) is 2.76. The molecule has 2 rings (SSSR count). The molecule has 0 heterocycles.